The quantitative estimate of drug-likeness (QED) is 0.328. The Labute approximate surface area is 162 Å². The Kier molecular flexibility index (Phi) is 4.36. The molecule has 1 aliphatic rings. The van der Waals surface area contributed by atoms with Crippen LogP contribution in [-0.4, -0.2) is 0 Å². The highest BCUT2D eigenvalue weighted by atomic mass is 14.4. The first-order valence-corrected chi connectivity index (χ1v) is 9.88. The standard InChI is InChI=1S/C25H20.C2H6/c1-25(2)23-10-6-5-9-21(23)22-14-13-20(16-24(22)25)19-12-11-17-7-3-4-8-18(17)15-19;1-2/h3-16H,1-2H3;1-2H3. The van der Waals surface area contributed by atoms with Gasteiger partial charge >= 0.3 is 0 Å². The third-order valence-electron chi connectivity index (χ3n) is 5.67. The fraction of sp³-hybridized carbons (Fsp3) is 0.185. The third kappa shape index (κ3) is 2.77. The van der Waals surface area contributed by atoms with E-state index in [1.807, 2.05) is 13.8 Å². The Morgan fingerprint density at radius 2 is 1.11 bits per heavy atom. The summed E-state index contributed by atoms with van der Waals surface area (Å²) in [7, 11) is 0. The fourth-order valence-electron chi connectivity index (χ4n) is 4.25. The summed E-state index contributed by atoms with van der Waals surface area (Å²) in [4.78, 5) is 0. The lowest BCUT2D eigenvalue weighted by atomic mass is 9.81. The van der Waals surface area contributed by atoms with Gasteiger partial charge in [0.25, 0.3) is 0 Å². The highest BCUT2D eigenvalue weighted by Gasteiger charge is 2.35. The lowest BCUT2D eigenvalue weighted by Crippen LogP contribution is -2.14. The molecule has 0 heteroatoms. The normalized spacial score (nSPS) is 13.5. The summed E-state index contributed by atoms with van der Waals surface area (Å²) < 4.78 is 0. The van der Waals surface area contributed by atoms with Gasteiger partial charge in [0.05, 0.1) is 0 Å². The Bertz CT molecular complexity index is 1120. The zero-order valence-electron chi connectivity index (χ0n) is 16.6. The van der Waals surface area contributed by atoms with Gasteiger partial charge in [0, 0.05) is 5.41 Å². The van der Waals surface area contributed by atoms with Crippen LogP contribution in [0.4, 0.5) is 0 Å². The minimum Gasteiger partial charge on any atom is -0.0683 e. The zero-order chi connectivity index (χ0) is 19.0. The molecular weight excluding hydrogens is 324 g/mol. The number of benzene rings is 4. The highest BCUT2D eigenvalue weighted by molar-refractivity contribution is 5.89. The van der Waals surface area contributed by atoms with Crippen LogP contribution in [0.15, 0.2) is 84.9 Å². The van der Waals surface area contributed by atoms with Gasteiger partial charge in [0.15, 0.2) is 0 Å². The Balaban J connectivity index is 0.000000872. The summed E-state index contributed by atoms with van der Waals surface area (Å²) in [5.74, 6) is 0. The summed E-state index contributed by atoms with van der Waals surface area (Å²) in [5, 5.41) is 2.59. The second kappa shape index (κ2) is 6.70. The molecule has 0 fully saturated rings. The van der Waals surface area contributed by atoms with Crippen LogP contribution in [0, 0.1) is 0 Å². The molecule has 0 amide bonds. The third-order valence-corrected chi connectivity index (χ3v) is 5.67. The van der Waals surface area contributed by atoms with Crippen molar-refractivity contribution in [2.24, 2.45) is 0 Å². The molecule has 0 heterocycles. The van der Waals surface area contributed by atoms with Gasteiger partial charge in [-0.1, -0.05) is 100 Å². The van der Waals surface area contributed by atoms with Crippen LogP contribution < -0.4 is 0 Å². The van der Waals surface area contributed by atoms with E-state index in [1.54, 1.807) is 0 Å². The van der Waals surface area contributed by atoms with E-state index in [4.69, 9.17) is 0 Å². The van der Waals surface area contributed by atoms with Gasteiger partial charge in [-0.05, 0) is 56.3 Å². The average Bonchev–Trinajstić information content (AvgIpc) is 2.96. The molecule has 0 aliphatic heterocycles. The summed E-state index contributed by atoms with van der Waals surface area (Å²) in [6, 6.07) is 31.1. The Morgan fingerprint density at radius 3 is 1.93 bits per heavy atom. The van der Waals surface area contributed by atoms with E-state index in [-0.39, 0.29) is 5.41 Å². The van der Waals surface area contributed by atoms with E-state index >= 15 is 0 Å². The van der Waals surface area contributed by atoms with Crippen LogP contribution in [0.1, 0.15) is 38.8 Å². The van der Waals surface area contributed by atoms with Crippen molar-refractivity contribution in [1.82, 2.24) is 0 Å². The maximum atomic E-state index is 2.39. The molecule has 0 atom stereocenters. The molecule has 4 aromatic rings. The first-order valence-electron chi connectivity index (χ1n) is 9.88. The first-order chi connectivity index (χ1) is 13.1. The lowest BCUT2D eigenvalue weighted by Gasteiger charge is -2.22. The van der Waals surface area contributed by atoms with Gasteiger partial charge in [-0.25, -0.2) is 0 Å². The SMILES string of the molecule is CC.CC1(C)c2ccccc2-c2ccc(-c3ccc4ccccc4c3)cc21. The summed E-state index contributed by atoms with van der Waals surface area (Å²) in [6.45, 7) is 8.67. The van der Waals surface area contributed by atoms with E-state index < -0.39 is 0 Å². The topological polar surface area (TPSA) is 0 Å². The molecule has 0 unspecified atom stereocenters. The predicted molar refractivity (Wildman–Crippen MR) is 118 cm³/mol. The molecule has 0 radical (unpaired) electrons. The van der Waals surface area contributed by atoms with Crippen LogP contribution in [0.25, 0.3) is 33.0 Å². The van der Waals surface area contributed by atoms with Gasteiger partial charge in [-0.2, -0.15) is 0 Å². The predicted octanol–water partition coefficient (Wildman–Crippen LogP) is 7.84. The smallest absolute Gasteiger partial charge is 0.0159 e. The van der Waals surface area contributed by atoms with Crippen molar-refractivity contribution in [1.29, 1.82) is 0 Å². The van der Waals surface area contributed by atoms with Crippen LogP contribution in [0.5, 0.6) is 0 Å². The van der Waals surface area contributed by atoms with Gasteiger partial charge in [0.1, 0.15) is 0 Å². The molecular formula is C27H26. The second-order valence-corrected chi connectivity index (χ2v) is 7.49. The zero-order valence-corrected chi connectivity index (χ0v) is 16.6. The highest BCUT2D eigenvalue weighted by Crippen LogP contribution is 2.49. The van der Waals surface area contributed by atoms with E-state index in [0.29, 0.717) is 0 Å². The van der Waals surface area contributed by atoms with Crippen molar-refractivity contribution in [2.75, 3.05) is 0 Å². The average molecular weight is 351 g/mol. The monoisotopic (exact) mass is 350 g/mol. The molecule has 0 aromatic heterocycles. The molecule has 0 bridgehead atoms. The van der Waals surface area contributed by atoms with E-state index in [9.17, 15) is 0 Å². The van der Waals surface area contributed by atoms with Crippen LogP contribution in [-0.2, 0) is 5.41 Å². The van der Waals surface area contributed by atoms with E-state index in [1.165, 1.54) is 44.2 Å². The summed E-state index contributed by atoms with van der Waals surface area (Å²) in [6.07, 6.45) is 0. The summed E-state index contributed by atoms with van der Waals surface area (Å²) >= 11 is 0. The largest absolute Gasteiger partial charge is 0.0683 e. The lowest BCUT2D eigenvalue weighted by molar-refractivity contribution is 0.660. The van der Waals surface area contributed by atoms with Crippen molar-refractivity contribution in [3.63, 3.8) is 0 Å². The summed E-state index contributed by atoms with van der Waals surface area (Å²) in [5.41, 5.74) is 8.26. The van der Waals surface area contributed by atoms with Crippen molar-refractivity contribution < 1.29 is 0 Å². The number of fused-ring (bicyclic) bond motifs is 4. The number of hydrogen-bond acceptors (Lipinski definition) is 0. The van der Waals surface area contributed by atoms with E-state index in [0.717, 1.165) is 0 Å². The maximum Gasteiger partial charge on any atom is 0.0159 e. The molecule has 134 valence electrons. The van der Waals surface area contributed by atoms with Crippen molar-refractivity contribution in [2.45, 2.75) is 33.1 Å². The van der Waals surface area contributed by atoms with Gasteiger partial charge in [-0.3, -0.25) is 0 Å². The molecule has 0 spiro atoms. The Hall–Kier alpha value is -2.86. The minimum absolute atomic E-state index is 0.0544. The van der Waals surface area contributed by atoms with Gasteiger partial charge in [0.2, 0.25) is 0 Å². The van der Waals surface area contributed by atoms with Crippen LogP contribution in [0.2, 0.25) is 0 Å². The molecule has 0 nitrogen and oxygen atoms in total. The molecule has 0 saturated carbocycles. The molecule has 4 aromatic carbocycles. The molecule has 5 rings (SSSR count). The first kappa shape index (κ1) is 17.5. The molecule has 0 N–H and O–H groups in total. The second-order valence-electron chi connectivity index (χ2n) is 7.49. The minimum atomic E-state index is 0.0544. The molecule has 1 aliphatic carbocycles. The van der Waals surface area contributed by atoms with Crippen LogP contribution >= 0.6 is 0 Å². The van der Waals surface area contributed by atoms with Crippen molar-refractivity contribution >= 4 is 10.8 Å². The number of hydrogen-bond donors (Lipinski definition) is 0. The van der Waals surface area contributed by atoms with Crippen molar-refractivity contribution in [3.8, 4) is 22.3 Å². The number of rotatable bonds is 1. The van der Waals surface area contributed by atoms with Gasteiger partial charge < -0.3 is 0 Å². The molecule has 0 saturated heterocycles. The Morgan fingerprint density at radius 1 is 0.519 bits per heavy atom. The van der Waals surface area contributed by atoms with Gasteiger partial charge in [-0.15, -0.1) is 0 Å². The molecule has 27 heavy (non-hydrogen) atoms. The van der Waals surface area contributed by atoms with E-state index in [2.05, 4.69) is 98.8 Å². The maximum absolute atomic E-state index is 2.39. The van der Waals surface area contributed by atoms with Crippen molar-refractivity contribution in [3.05, 3.63) is 96.1 Å². The fourth-order valence-corrected chi connectivity index (χ4v) is 4.25. The van der Waals surface area contributed by atoms with Crippen LogP contribution in [0.3, 0.4) is 0 Å².